The van der Waals surface area contributed by atoms with Gasteiger partial charge in [-0.3, -0.25) is 4.79 Å². The van der Waals surface area contributed by atoms with Gasteiger partial charge in [0.1, 0.15) is 12.4 Å². The van der Waals surface area contributed by atoms with Gasteiger partial charge >= 0.3 is 6.01 Å². The number of hydrogen-bond acceptors (Lipinski definition) is 5. The van der Waals surface area contributed by atoms with E-state index >= 15 is 0 Å². The molecule has 4 rings (SSSR count). The van der Waals surface area contributed by atoms with Gasteiger partial charge in [0.05, 0.1) is 12.3 Å². The van der Waals surface area contributed by atoms with Crippen LogP contribution in [0.5, 0.6) is 6.01 Å². The SMILES string of the molecule is CCOCCOc1nc(-c2ccc(C)cc2)n(-c2ccc(NC(=O)c3ccc(F)c(C)c3)cc2)n1. The van der Waals surface area contributed by atoms with Crippen molar-refractivity contribution < 1.29 is 18.7 Å². The Labute approximate surface area is 203 Å². The Kier molecular flexibility index (Phi) is 7.52. The predicted molar refractivity (Wildman–Crippen MR) is 133 cm³/mol. The fraction of sp³-hybridized carbons (Fsp3) is 0.222. The Morgan fingerprint density at radius 2 is 1.74 bits per heavy atom. The molecule has 1 amide bonds. The molecule has 0 aliphatic rings. The minimum atomic E-state index is -0.343. The number of anilines is 1. The highest BCUT2D eigenvalue weighted by Crippen LogP contribution is 2.25. The van der Waals surface area contributed by atoms with Crippen molar-refractivity contribution >= 4 is 11.6 Å². The number of hydrogen-bond donors (Lipinski definition) is 1. The Morgan fingerprint density at radius 3 is 2.43 bits per heavy atom. The van der Waals surface area contributed by atoms with Crippen molar-refractivity contribution in [3.05, 3.63) is 89.2 Å². The molecule has 180 valence electrons. The topological polar surface area (TPSA) is 78.3 Å². The Bertz CT molecular complexity index is 1300. The summed E-state index contributed by atoms with van der Waals surface area (Å²) in [5.74, 6) is -0.0220. The third-order valence-corrected chi connectivity index (χ3v) is 5.35. The van der Waals surface area contributed by atoms with Gasteiger partial charge in [-0.25, -0.2) is 9.07 Å². The average molecular weight is 475 g/mol. The van der Waals surface area contributed by atoms with E-state index in [9.17, 15) is 9.18 Å². The molecule has 0 atom stereocenters. The Balaban J connectivity index is 1.56. The fourth-order valence-corrected chi connectivity index (χ4v) is 3.44. The molecule has 0 unspecified atom stereocenters. The minimum Gasteiger partial charge on any atom is -0.460 e. The molecular formula is C27H27FN4O3. The highest BCUT2D eigenvalue weighted by molar-refractivity contribution is 6.04. The summed E-state index contributed by atoms with van der Waals surface area (Å²) in [6.07, 6.45) is 0. The monoisotopic (exact) mass is 474 g/mol. The summed E-state index contributed by atoms with van der Waals surface area (Å²) in [6, 6.07) is 19.8. The summed E-state index contributed by atoms with van der Waals surface area (Å²) in [5.41, 5.74) is 4.20. The van der Waals surface area contributed by atoms with Crippen LogP contribution in [0.2, 0.25) is 0 Å². The van der Waals surface area contributed by atoms with Crippen LogP contribution >= 0.6 is 0 Å². The second-order valence-electron chi connectivity index (χ2n) is 8.01. The number of aromatic nitrogens is 3. The minimum absolute atomic E-state index is 0.254. The van der Waals surface area contributed by atoms with E-state index in [0.29, 0.717) is 42.5 Å². The maximum Gasteiger partial charge on any atom is 0.336 e. The molecule has 8 heteroatoms. The lowest BCUT2D eigenvalue weighted by Gasteiger charge is -2.09. The molecule has 1 N–H and O–H groups in total. The van der Waals surface area contributed by atoms with E-state index < -0.39 is 0 Å². The molecule has 0 saturated heterocycles. The lowest BCUT2D eigenvalue weighted by molar-refractivity contribution is 0.102. The molecule has 4 aromatic rings. The zero-order valence-corrected chi connectivity index (χ0v) is 19.9. The van der Waals surface area contributed by atoms with Crippen LogP contribution in [-0.4, -0.2) is 40.5 Å². The number of aryl methyl sites for hydroxylation is 2. The molecule has 0 aliphatic carbocycles. The van der Waals surface area contributed by atoms with E-state index in [1.807, 2.05) is 50.2 Å². The van der Waals surface area contributed by atoms with Crippen molar-refractivity contribution in [1.29, 1.82) is 0 Å². The van der Waals surface area contributed by atoms with Gasteiger partial charge in [-0.1, -0.05) is 29.8 Å². The van der Waals surface area contributed by atoms with Gasteiger partial charge in [0.2, 0.25) is 0 Å². The molecule has 0 radical (unpaired) electrons. The van der Waals surface area contributed by atoms with Crippen molar-refractivity contribution in [3.8, 4) is 23.1 Å². The van der Waals surface area contributed by atoms with Gasteiger partial charge in [-0.15, -0.1) is 5.10 Å². The molecule has 3 aromatic carbocycles. The third-order valence-electron chi connectivity index (χ3n) is 5.35. The van der Waals surface area contributed by atoms with Crippen LogP contribution in [0.1, 0.15) is 28.4 Å². The number of halogens is 1. The molecule has 0 fully saturated rings. The molecule has 1 heterocycles. The molecular weight excluding hydrogens is 447 g/mol. The number of carbonyl (C=O) groups is 1. The number of nitrogens with one attached hydrogen (secondary N) is 1. The molecule has 7 nitrogen and oxygen atoms in total. The lowest BCUT2D eigenvalue weighted by atomic mass is 10.1. The van der Waals surface area contributed by atoms with Crippen LogP contribution in [0.15, 0.2) is 66.7 Å². The van der Waals surface area contributed by atoms with Crippen LogP contribution in [0, 0.1) is 19.7 Å². The molecule has 0 saturated carbocycles. The quantitative estimate of drug-likeness (QED) is 0.331. The van der Waals surface area contributed by atoms with Gasteiger partial charge in [0.25, 0.3) is 5.91 Å². The first kappa shape index (κ1) is 24.1. The van der Waals surface area contributed by atoms with Crippen molar-refractivity contribution in [2.45, 2.75) is 20.8 Å². The zero-order valence-electron chi connectivity index (χ0n) is 19.9. The van der Waals surface area contributed by atoms with E-state index in [0.717, 1.165) is 16.8 Å². The number of benzene rings is 3. The largest absolute Gasteiger partial charge is 0.460 e. The van der Waals surface area contributed by atoms with Crippen molar-refractivity contribution in [2.24, 2.45) is 0 Å². The number of rotatable bonds is 9. The summed E-state index contributed by atoms with van der Waals surface area (Å²) in [6.45, 7) is 6.99. The van der Waals surface area contributed by atoms with Crippen molar-refractivity contribution in [1.82, 2.24) is 14.8 Å². The van der Waals surface area contributed by atoms with E-state index in [-0.39, 0.29) is 17.7 Å². The lowest BCUT2D eigenvalue weighted by Crippen LogP contribution is -2.12. The van der Waals surface area contributed by atoms with Gasteiger partial charge < -0.3 is 14.8 Å². The highest BCUT2D eigenvalue weighted by Gasteiger charge is 2.15. The first-order chi connectivity index (χ1) is 16.9. The summed E-state index contributed by atoms with van der Waals surface area (Å²) < 4.78 is 26.2. The van der Waals surface area contributed by atoms with E-state index in [4.69, 9.17) is 9.47 Å². The van der Waals surface area contributed by atoms with Crippen molar-refractivity contribution in [3.63, 3.8) is 0 Å². The first-order valence-corrected chi connectivity index (χ1v) is 11.4. The van der Waals surface area contributed by atoms with Crippen LogP contribution < -0.4 is 10.1 Å². The molecule has 0 aliphatic heterocycles. The van der Waals surface area contributed by atoms with E-state index in [1.54, 1.807) is 23.7 Å². The molecule has 0 spiro atoms. The van der Waals surface area contributed by atoms with Crippen LogP contribution in [0.4, 0.5) is 10.1 Å². The Hall–Kier alpha value is -4.04. The molecule has 1 aromatic heterocycles. The molecule has 0 bridgehead atoms. The maximum atomic E-state index is 13.5. The smallest absolute Gasteiger partial charge is 0.336 e. The number of ether oxygens (including phenoxy) is 2. The third kappa shape index (κ3) is 5.91. The summed E-state index contributed by atoms with van der Waals surface area (Å²) in [5, 5.41) is 7.37. The number of nitrogens with zero attached hydrogens (tertiary/aromatic N) is 3. The zero-order chi connectivity index (χ0) is 24.8. The van der Waals surface area contributed by atoms with Gasteiger partial charge in [0, 0.05) is 23.4 Å². The van der Waals surface area contributed by atoms with Crippen LogP contribution in [0.25, 0.3) is 17.1 Å². The number of carbonyl (C=O) groups excluding carboxylic acids is 1. The predicted octanol–water partition coefficient (Wildman–Crippen LogP) is 5.36. The normalized spacial score (nSPS) is 10.9. The summed E-state index contributed by atoms with van der Waals surface area (Å²) in [7, 11) is 0. The van der Waals surface area contributed by atoms with Crippen molar-refractivity contribution in [2.75, 3.05) is 25.1 Å². The van der Waals surface area contributed by atoms with Gasteiger partial charge in [-0.05, 0) is 68.8 Å². The van der Waals surface area contributed by atoms with Gasteiger partial charge in [-0.2, -0.15) is 4.98 Å². The van der Waals surface area contributed by atoms with E-state index in [2.05, 4.69) is 15.4 Å². The maximum absolute atomic E-state index is 13.5. The van der Waals surface area contributed by atoms with E-state index in [1.165, 1.54) is 18.2 Å². The first-order valence-electron chi connectivity index (χ1n) is 11.4. The standard InChI is InChI=1S/C27H27FN4O3/c1-4-34-15-16-35-27-30-25(20-7-5-18(2)6-8-20)32(31-27)23-12-10-22(11-13-23)29-26(33)21-9-14-24(28)19(3)17-21/h5-14,17H,4,15-16H2,1-3H3,(H,29,33). The fourth-order valence-electron chi connectivity index (χ4n) is 3.44. The summed E-state index contributed by atoms with van der Waals surface area (Å²) >= 11 is 0. The van der Waals surface area contributed by atoms with Crippen LogP contribution in [-0.2, 0) is 4.74 Å². The highest BCUT2D eigenvalue weighted by atomic mass is 19.1. The molecule has 35 heavy (non-hydrogen) atoms. The summed E-state index contributed by atoms with van der Waals surface area (Å²) in [4.78, 5) is 17.1. The second kappa shape index (κ2) is 10.9. The average Bonchev–Trinajstić information content (AvgIpc) is 3.28. The van der Waals surface area contributed by atoms with Gasteiger partial charge in [0.15, 0.2) is 5.82 Å². The Morgan fingerprint density at radius 1 is 1.00 bits per heavy atom. The number of amides is 1. The van der Waals surface area contributed by atoms with Crippen LogP contribution in [0.3, 0.4) is 0 Å². The second-order valence-corrected chi connectivity index (χ2v) is 8.01.